The van der Waals surface area contributed by atoms with Gasteiger partial charge in [0.2, 0.25) is 0 Å². The van der Waals surface area contributed by atoms with Crippen LogP contribution in [-0.2, 0) is 20.1 Å². The molecular weight excluding hydrogens is 354 g/mol. The predicted octanol–water partition coefficient (Wildman–Crippen LogP) is 2.25. The van der Waals surface area contributed by atoms with Crippen LogP contribution in [-0.4, -0.2) is 10.1 Å². The minimum absolute atomic E-state index is 0. The van der Waals surface area contributed by atoms with Crippen LogP contribution in [0.15, 0.2) is 42.6 Å². The Labute approximate surface area is 96.0 Å². The summed E-state index contributed by atoms with van der Waals surface area (Å²) < 4.78 is 0. The fourth-order valence-corrected chi connectivity index (χ4v) is 1.10. The van der Waals surface area contributed by atoms with E-state index >= 15 is 0 Å². The van der Waals surface area contributed by atoms with Crippen LogP contribution in [0, 0.1) is 6.07 Å². The summed E-state index contributed by atoms with van der Waals surface area (Å²) in [6, 6.07) is 13.6. The van der Waals surface area contributed by atoms with Crippen molar-refractivity contribution in [1.29, 1.82) is 0 Å². The van der Waals surface area contributed by atoms with Gasteiger partial charge in [-0.3, -0.25) is 0 Å². The maximum absolute atomic E-state index is 9.05. The van der Waals surface area contributed by atoms with Crippen LogP contribution in [0.4, 0.5) is 0 Å². The van der Waals surface area contributed by atoms with E-state index < -0.39 is 0 Å². The first-order valence-electron chi connectivity index (χ1n) is 3.98. The minimum atomic E-state index is 0. The van der Waals surface area contributed by atoms with Gasteiger partial charge >= 0.3 is 0 Å². The number of hydrogen-bond acceptors (Lipinski definition) is 2. The number of aromatic nitrogens is 1. The third-order valence-corrected chi connectivity index (χ3v) is 1.74. The number of hydrogen-bond donors (Lipinski definition) is 1. The number of pyridine rings is 1. The van der Waals surface area contributed by atoms with Gasteiger partial charge in [-0.05, 0) is 11.8 Å². The van der Waals surface area contributed by atoms with E-state index in [2.05, 4.69) is 11.1 Å². The van der Waals surface area contributed by atoms with Crippen LogP contribution in [0.25, 0.3) is 11.3 Å². The van der Waals surface area contributed by atoms with Crippen molar-refractivity contribution in [3.63, 3.8) is 0 Å². The number of rotatable bonds is 1. The topological polar surface area (TPSA) is 33.1 Å². The summed E-state index contributed by atoms with van der Waals surface area (Å²) in [5, 5.41) is 9.05. The molecule has 3 heteroatoms. The van der Waals surface area contributed by atoms with Crippen molar-refractivity contribution in [3.8, 4) is 17.0 Å². The number of nitrogens with zero attached hydrogens (tertiary/aromatic N) is 1. The molecule has 1 aromatic carbocycles. The Hall–Kier alpha value is -1.18. The third kappa shape index (κ3) is 2.41. The largest absolute Gasteiger partial charge is 0.551 e. The molecule has 1 aromatic heterocycles. The molecule has 0 unspecified atom stereocenters. The van der Waals surface area contributed by atoms with E-state index in [1.165, 1.54) is 6.07 Å². The van der Waals surface area contributed by atoms with E-state index in [0.717, 1.165) is 11.3 Å². The second kappa shape index (κ2) is 4.89. The molecule has 2 rings (SSSR count). The van der Waals surface area contributed by atoms with E-state index in [4.69, 9.17) is 5.11 Å². The van der Waals surface area contributed by atoms with Crippen LogP contribution in [0.2, 0.25) is 0 Å². The van der Waals surface area contributed by atoms with Gasteiger partial charge < -0.3 is 10.1 Å². The molecule has 14 heavy (non-hydrogen) atoms. The quantitative estimate of drug-likeness (QED) is 0.790. The van der Waals surface area contributed by atoms with Crippen LogP contribution >= 0.6 is 0 Å². The van der Waals surface area contributed by atoms with Gasteiger partial charge in [-0.2, -0.15) is 0 Å². The van der Waals surface area contributed by atoms with Crippen molar-refractivity contribution in [2.24, 2.45) is 0 Å². The Morgan fingerprint density at radius 1 is 1.14 bits per heavy atom. The fraction of sp³-hybridized carbons (Fsp3) is 0. The molecule has 0 spiro atoms. The molecule has 0 amide bonds. The molecular formula is C11H8IrNO-. The molecule has 0 saturated heterocycles. The zero-order chi connectivity index (χ0) is 9.10. The summed E-state index contributed by atoms with van der Waals surface area (Å²) >= 11 is 0. The maximum atomic E-state index is 9.05. The van der Waals surface area contributed by atoms with Crippen molar-refractivity contribution < 1.29 is 25.2 Å². The summed E-state index contributed by atoms with van der Waals surface area (Å²) in [5.74, 6) is 0.222. The molecule has 0 aliphatic heterocycles. The summed E-state index contributed by atoms with van der Waals surface area (Å²) in [7, 11) is 0. The normalized spacial score (nSPS) is 9.14. The van der Waals surface area contributed by atoms with Crippen LogP contribution < -0.4 is 0 Å². The number of benzene rings is 1. The summed E-state index contributed by atoms with van der Waals surface area (Å²) in [6.45, 7) is 0. The molecule has 0 atom stereocenters. The SMILES string of the molecule is Oc1c[c-]c(-c2ccccn2)cc1.[Ir]. The average Bonchev–Trinajstić information content (AvgIpc) is 2.20. The first kappa shape index (κ1) is 10.9. The number of phenols is 1. The van der Waals surface area contributed by atoms with Crippen LogP contribution in [0.3, 0.4) is 0 Å². The molecule has 0 fully saturated rings. The zero-order valence-electron chi connectivity index (χ0n) is 7.27. The zero-order valence-corrected chi connectivity index (χ0v) is 9.66. The standard InChI is InChI=1S/C11H8NO.Ir/c13-10-6-4-9(5-7-10)11-3-1-2-8-12-11;/h1-4,6-8,13H;/q-1;. The van der Waals surface area contributed by atoms with E-state index in [1.54, 1.807) is 18.3 Å². The van der Waals surface area contributed by atoms with Gasteiger partial charge in [0.05, 0.1) is 0 Å². The Kier molecular flexibility index (Phi) is 3.81. The van der Waals surface area contributed by atoms with Gasteiger partial charge in [0, 0.05) is 32.1 Å². The second-order valence-corrected chi connectivity index (χ2v) is 2.68. The molecule has 0 aliphatic carbocycles. The van der Waals surface area contributed by atoms with Crippen molar-refractivity contribution in [2.75, 3.05) is 0 Å². The predicted molar refractivity (Wildman–Crippen MR) is 50.2 cm³/mol. The smallest absolute Gasteiger partial charge is 0.0319 e. The maximum Gasteiger partial charge on any atom is 0.0319 e. The monoisotopic (exact) mass is 363 g/mol. The van der Waals surface area contributed by atoms with Gasteiger partial charge in [-0.1, -0.05) is 12.1 Å². The Morgan fingerprint density at radius 3 is 2.57 bits per heavy atom. The van der Waals surface area contributed by atoms with Gasteiger partial charge in [0.25, 0.3) is 0 Å². The van der Waals surface area contributed by atoms with Crippen molar-refractivity contribution in [2.45, 2.75) is 0 Å². The minimum Gasteiger partial charge on any atom is -0.551 e. The van der Waals surface area contributed by atoms with Crippen LogP contribution in [0.1, 0.15) is 0 Å². The molecule has 2 aromatic rings. The first-order valence-corrected chi connectivity index (χ1v) is 3.98. The van der Waals surface area contributed by atoms with Gasteiger partial charge in [0.15, 0.2) is 0 Å². The third-order valence-electron chi connectivity index (χ3n) is 1.74. The van der Waals surface area contributed by atoms with Gasteiger partial charge in [-0.15, -0.1) is 29.8 Å². The van der Waals surface area contributed by atoms with E-state index in [9.17, 15) is 0 Å². The second-order valence-electron chi connectivity index (χ2n) is 2.68. The van der Waals surface area contributed by atoms with Crippen LogP contribution in [0.5, 0.6) is 5.75 Å². The molecule has 0 bridgehead atoms. The Morgan fingerprint density at radius 2 is 2.00 bits per heavy atom. The van der Waals surface area contributed by atoms with Crippen molar-refractivity contribution >= 4 is 0 Å². The molecule has 0 saturated carbocycles. The summed E-state index contributed by atoms with van der Waals surface area (Å²) in [4.78, 5) is 4.17. The molecule has 1 radical (unpaired) electrons. The average molecular weight is 362 g/mol. The van der Waals surface area contributed by atoms with E-state index in [-0.39, 0.29) is 25.9 Å². The number of aromatic hydroxyl groups is 1. The molecule has 73 valence electrons. The summed E-state index contributed by atoms with van der Waals surface area (Å²) in [5.41, 5.74) is 1.75. The Balaban J connectivity index is 0.000000980. The van der Waals surface area contributed by atoms with E-state index in [0.29, 0.717) is 0 Å². The fourth-order valence-electron chi connectivity index (χ4n) is 1.10. The molecule has 0 aliphatic rings. The molecule has 1 heterocycles. The van der Waals surface area contributed by atoms with Crippen molar-refractivity contribution in [3.05, 3.63) is 48.7 Å². The van der Waals surface area contributed by atoms with E-state index in [1.807, 2.05) is 18.2 Å². The van der Waals surface area contributed by atoms with Crippen molar-refractivity contribution in [1.82, 2.24) is 4.98 Å². The molecule has 2 nitrogen and oxygen atoms in total. The van der Waals surface area contributed by atoms with Gasteiger partial charge in [-0.25, -0.2) is 0 Å². The summed E-state index contributed by atoms with van der Waals surface area (Å²) in [6.07, 6.45) is 1.73. The first-order chi connectivity index (χ1) is 6.36. The number of phenolic OH excluding ortho intramolecular Hbond substituents is 1. The Bertz CT molecular complexity index is 386. The van der Waals surface area contributed by atoms with Gasteiger partial charge in [0.1, 0.15) is 0 Å². The molecule has 1 N–H and O–H groups in total.